The lowest BCUT2D eigenvalue weighted by Crippen LogP contribution is -2.27. The van der Waals surface area contributed by atoms with Gasteiger partial charge in [-0.25, -0.2) is 0 Å². The number of nitrogens with zero attached hydrogens (tertiary/aromatic N) is 1. The fraction of sp³-hybridized carbons (Fsp3) is 0.333. The number of carbonyl (C=O) groups excluding carboxylic acids is 1. The first kappa shape index (κ1) is 14.7. The Bertz CT molecular complexity index is 539. The van der Waals surface area contributed by atoms with Gasteiger partial charge >= 0.3 is 0 Å². The van der Waals surface area contributed by atoms with Crippen LogP contribution in [0.2, 0.25) is 0 Å². The van der Waals surface area contributed by atoms with Crippen molar-refractivity contribution in [1.82, 2.24) is 15.6 Å². The van der Waals surface area contributed by atoms with Crippen LogP contribution in [0.25, 0.3) is 0 Å². The van der Waals surface area contributed by atoms with Crippen molar-refractivity contribution in [2.75, 3.05) is 6.54 Å². The van der Waals surface area contributed by atoms with Gasteiger partial charge in [-0.2, -0.15) is 0 Å². The zero-order chi connectivity index (χ0) is 14.2. The van der Waals surface area contributed by atoms with Crippen molar-refractivity contribution in [3.63, 3.8) is 0 Å². The summed E-state index contributed by atoms with van der Waals surface area (Å²) in [5, 5.41) is 6.17. The molecule has 0 spiro atoms. The summed E-state index contributed by atoms with van der Waals surface area (Å²) < 4.78 is 0. The molecule has 0 aromatic carbocycles. The third-order valence-electron chi connectivity index (χ3n) is 2.84. The van der Waals surface area contributed by atoms with E-state index < -0.39 is 0 Å². The predicted molar refractivity (Wildman–Crippen MR) is 81.5 cm³/mol. The number of hydrogen-bond acceptors (Lipinski definition) is 4. The molecule has 1 amide bonds. The van der Waals surface area contributed by atoms with Crippen LogP contribution in [0.4, 0.5) is 0 Å². The van der Waals surface area contributed by atoms with Gasteiger partial charge in [-0.15, -0.1) is 11.3 Å². The van der Waals surface area contributed by atoms with Gasteiger partial charge in [-0.3, -0.25) is 9.78 Å². The summed E-state index contributed by atoms with van der Waals surface area (Å²) in [6, 6.07) is 8.05. The van der Waals surface area contributed by atoms with Crippen LogP contribution in [0, 0.1) is 6.92 Å². The molecule has 0 saturated carbocycles. The van der Waals surface area contributed by atoms with Gasteiger partial charge in [0.05, 0.1) is 0 Å². The molecule has 2 N–H and O–H groups in total. The van der Waals surface area contributed by atoms with Crippen molar-refractivity contribution in [2.45, 2.75) is 26.4 Å². The molecule has 2 heterocycles. The number of thiophene rings is 1. The number of nitrogens with one attached hydrogen (secondary N) is 2. The van der Waals surface area contributed by atoms with E-state index in [1.165, 1.54) is 9.75 Å². The highest BCUT2D eigenvalue weighted by Crippen LogP contribution is 2.14. The van der Waals surface area contributed by atoms with Gasteiger partial charge in [-0.1, -0.05) is 6.07 Å². The van der Waals surface area contributed by atoms with E-state index in [0.717, 1.165) is 12.1 Å². The first-order valence-corrected chi connectivity index (χ1v) is 7.47. The summed E-state index contributed by atoms with van der Waals surface area (Å²) in [5.74, 6) is 0.0590. The van der Waals surface area contributed by atoms with Crippen LogP contribution >= 0.6 is 11.3 Å². The molecule has 0 saturated heterocycles. The summed E-state index contributed by atoms with van der Waals surface area (Å²) >= 11 is 1.78. The third-order valence-corrected chi connectivity index (χ3v) is 3.84. The van der Waals surface area contributed by atoms with Crippen molar-refractivity contribution in [1.29, 1.82) is 0 Å². The number of rotatable bonds is 7. The molecule has 0 aliphatic rings. The van der Waals surface area contributed by atoms with Gasteiger partial charge in [0.1, 0.15) is 0 Å². The van der Waals surface area contributed by atoms with Crippen molar-refractivity contribution < 1.29 is 4.79 Å². The van der Waals surface area contributed by atoms with Crippen molar-refractivity contribution >= 4 is 17.2 Å². The molecular weight excluding hydrogens is 270 g/mol. The maximum absolute atomic E-state index is 11.7. The standard InChI is InChI=1S/C15H19N3OS/c1-12-4-5-14(20-12)11-17-8-6-15(19)18-10-13-3-2-7-16-9-13/h2-5,7,9,17H,6,8,10-11H2,1H3,(H,18,19). The van der Waals surface area contributed by atoms with E-state index in [0.29, 0.717) is 19.5 Å². The Labute approximate surface area is 123 Å². The molecule has 4 nitrogen and oxygen atoms in total. The lowest BCUT2D eigenvalue weighted by Gasteiger charge is -2.05. The Balaban J connectivity index is 1.58. The maximum atomic E-state index is 11.7. The van der Waals surface area contributed by atoms with Crippen LogP contribution in [0.15, 0.2) is 36.7 Å². The minimum atomic E-state index is 0.0590. The largest absolute Gasteiger partial charge is 0.352 e. The van der Waals surface area contributed by atoms with E-state index in [-0.39, 0.29) is 5.91 Å². The Morgan fingerprint density at radius 1 is 1.30 bits per heavy atom. The molecule has 0 atom stereocenters. The quantitative estimate of drug-likeness (QED) is 0.769. The van der Waals surface area contributed by atoms with Crippen molar-refractivity contribution in [2.24, 2.45) is 0 Å². The summed E-state index contributed by atoms with van der Waals surface area (Å²) in [7, 11) is 0. The Hall–Kier alpha value is -1.72. The number of carbonyl (C=O) groups is 1. The van der Waals surface area contributed by atoms with Crippen LogP contribution < -0.4 is 10.6 Å². The lowest BCUT2D eigenvalue weighted by molar-refractivity contribution is -0.121. The van der Waals surface area contributed by atoms with E-state index in [9.17, 15) is 4.79 Å². The van der Waals surface area contributed by atoms with E-state index in [2.05, 4.69) is 34.7 Å². The summed E-state index contributed by atoms with van der Waals surface area (Å²) in [4.78, 5) is 18.3. The highest BCUT2D eigenvalue weighted by molar-refractivity contribution is 7.11. The molecule has 106 valence electrons. The van der Waals surface area contributed by atoms with E-state index in [1.54, 1.807) is 23.7 Å². The average Bonchev–Trinajstić information content (AvgIpc) is 2.88. The van der Waals surface area contributed by atoms with Crippen LogP contribution in [-0.2, 0) is 17.9 Å². The monoisotopic (exact) mass is 289 g/mol. The normalized spacial score (nSPS) is 10.4. The van der Waals surface area contributed by atoms with Gasteiger partial charge < -0.3 is 10.6 Å². The summed E-state index contributed by atoms with van der Waals surface area (Å²) in [6.45, 7) is 4.15. The zero-order valence-electron chi connectivity index (χ0n) is 11.6. The van der Waals surface area contributed by atoms with Gasteiger partial charge in [0.25, 0.3) is 0 Å². The second kappa shape index (κ2) is 7.77. The molecule has 0 bridgehead atoms. The Morgan fingerprint density at radius 2 is 2.20 bits per heavy atom. The van der Waals surface area contributed by atoms with Crippen molar-refractivity contribution in [3.05, 3.63) is 52.0 Å². The van der Waals surface area contributed by atoms with E-state index in [4.69, 9.17) is 0 Å². The second-order valence-corrected chi connectivity index (χ2v) is 5.95. The predicted octanol–water partition coefficient (Wildman–Crippen LogP) is 2.25. The highest BCUT2D eigenvalue weighted by atomic mass is 32.1. The number of pyridine rings is 1. The molecule has 5 heteroatoms. The average molecular weight is 289 g/mol. The molecule has 2 aromatic rings. The maximum Gasteiger partial charge on any atom is 0.221 e. The first-order chi connectivity index (χ1) is 9.74. The second-order valence-electron chi connectivity index (χ2n) is 4.58. The molecule has 20 heavy (non-hydrogen) atoms. The van der Waals surface area contributed by atoms with Crippen LogP contribution in [-0.4, -0.2) is 17.4 Å². The molecule has 0 radical (unpaired) electrons. The van der Waals surface area contributed by atoms with Gasteiger partial charge in [0.15, 0.2) is 0 Å². The molecule has 0 unspecified atom stereocenters. The highest BCUT2D eigenvalue weighted by Gasteiger charge is 2.01. The fourth-order valence-electron chi connectivity index (χ4n) is 1.79. The van der Waals surface area contributed by atoms with Crippen LogP contribution in [0.5, 0.6) is 0 Å². The summed E-state index contributed by atoms with van der Waals surface area (Å²) in [5.41, 5.74) is 1.02. The third kappa shape index (κ3) is 5.11. The Kier molecular flexibility index (Phi) is 5.70. The number of amides is 1. The van der Waals surface area contributed by atoms with Crippen LogP contribution in [0.1, 0.15) is 21.7 Å². The van der Waals surface area contributed by atoms with E-state index >= 15 is 0 Å². The van der Waals surface area contributed by atoms with Gasteiger partial charge in [0.2, 0.25) is 5.91 Å². The lowest BCUT2D eigenvalue weighted by atomic mass is 10.3. The minimum absolute atomic E-state index is 0.0590. The smallest absolute Gasteiger partial charge is 0.221 e. The molecule has 2 rings (SSSR count). The topological polar surface area (TPSA) is 54.0 Å². The molecular formula is C15H19N3OS. The zero-order valence-corrected chi connectivity index (χ0v) is 12.4. The van der Waals surface area contributed by atoms with Gasteiger partial charge in [-0.05, 0) is 30.7 Å². The Morgan fingerprint density at radius 3 is 2.90 bits per heavy atom. The number of aromatic nitrogens is 1. The molecule has 0 aliphatic carbocycles. The minimum Gasteiger partial charge on any atom is -0.352 e. The van der Waals surface area contributed by atoms with Gasteiger partial charge in [0, 0.05) is 48.2 Å². The molecule has 0 aliphatic heterocycles. The van der Waals surface area contributed by atoms with Crippen molar-refractivity contribution in [3.8, 4) is 0 Å². The molecule has 0 fully saturated rings. The van der Waals surface area contributed by atoms with E-state index in [1.807, 2.05) is 12.1 Å². The number of hydrogen-bond donors (Lipinski definition) is 2. The SMILES string of the molecule is Cc1ccc(CNCCC(=O)NCc2cccnc2)s1. The molecule has 2 aromatic heterocycles. The summed E-state index contributed by atoms with van der Waals surface area (Å²) in [6.07, 6.45) is 3.98. The van der Waals surface area contributed by atoms with Crippen LogP contribution in [0.3, 0.4) is 0 Å². The first-order valence-electron chi connectivity index (χ1n) is 6.65. The number of aryl methyl sites for hydroxylation is 1. The fourth-order valence-corrected chi connectivity index (χ4v) is 2.65.